The van der Waals surface area contributed by atoms with Gasteiger partial charge in [0.1, 0.15) is 5.82 Å². The van der Waals surface area contributed by atoms with Crippen LogP contribution in [0.4, 0.5) is 5.69 Å². The molecular formula is C22H20ClN3O2. The molecule has 142 valence electrons. The van der Waals surface area contributed by atoms with E-state index >= 15 is 0 Å². The summed E-state index contributed by atoms with van der Waals surface area (Å²) in [6, 6.07) is 13.8. The van der Waals surface area contributed by atoms with Crippen molar-refractivity contribution in [2.45, 2.75) is 13.0 Å². The average molecular weight is 394 g/mol. The molecule has 0 radical (unpaired) electrons. The molecule has 3 heterocycles. The van der Waals surface area contributed by atoms with Gasteiger partial charge in [-0.2, -0.15) is 0 Å². The molecule has 0 spiro atoms. The fourth-order valence-corrected chi connectivity index (χ4v) is 4.10. The summed E-state index contributed by atoms with van der Waals surface area (Å²) >= 11 is 6.05. The Labute approximate surface area is 167 Å². The number of hydrogen-bond acceptors (Lipinski definition) is 4. The Bertz CT molecular complexity index is 1130. The van der Waals surface area contributed by atoms with Gasteiger partial charge in [-0.15, -0.1) is 0 Å². The van der Waals surface area contributed by atoms with Gasteiger partial charge in [-0.05, 0) is 54.0 Å². The normalized spacial score (nSPS) is 18.0. The molecule has 0 aliphatic carbocycles. The highest BCUT2D eigenvalue weighted by Crippen LogP contribution is 2.28. The molecule has 28 heavy (non-hydrogen) atoms. The van der Waals surface area contributed by atoms with E-state index in [0.29, 0.717) is 22.5 Å². The van der Waals surface area contributed by atoms with E-state index in [0.717, 1.165) is 49.7 Å². The van der Waals surface area contributed by atoms with Crippen LogP contribution in [0, 0.1) is 0 Å². The maximum Gasteiger partial charge on any atom is 0.261 e. The number of hydrogen-bond donors (Lipinski definition) is 0. The molecule has 2 aliphatic heterocycles. The first kappa shape index (κ1) is 17.5. The van der Waals surface area contributed by atoms with Crippen molar-refractivity contribution < 1.29 is 4.74 Å². The van der Waals surface area contributed by atoms with Crippen molar-refractivity contribution in [3.63, 3.8) is 0 Å². The number of ether oxygens (including phenoxy) is 1. The van der Waals surface area contributed by atoms with E-state index in [4.69, 9.17) is 21.3 Å². The molecule has 1 saturated heterocycles. The molecule has 6 heteroatoms. The Morgan fingerprint density at radius 1 is 1.04 bits per heavy atom. The van der Waals surface area contributed by atoms with E-state index in [1.807, 2.05) is 6.07 Å². The third-order valence-electron chi connectivity index (χ3n) is 5.42. The molecule has 0 bridgehead atoms. The highest BCUT2D eigenvalue weighted by atomic mass is 35.5. The molecule has 0 unspecified atom stereocenters. The Kier molecular flexibility index (Phi) is 4.41. The fourth-order valence-electron chi connectivity index (χ4n) is 3.93. The lowest BCUT2D eigenvalue weighted by Gasteiger charge is -2.28. The van der Waals surface area contributed by atoms with Crippen LogP contribution in [0.3, 0.4) is 0 Å². The van der Waals surface area contributed by atoms with Crippen LogP contribution in [0.15, 0.2) is 47.3 Å². The highest BCUT2D eigenvalue weighted by Gasteiger charge is 2.21. The minimum Gasteiger partial charge on any atom is -0.378 e. The predicted octanol–water partition coefficient (Wildman–Crippen LogP) is 3.83. The molecule has 2 aromatic carbocycles. The van der Waals surface area contributed by atoms with Crippen LogP contribution < -0.4 is 10.5 Å². The summed E-state index contributed by atoms with van der Waals surface area (Å²) in [5.41, 5.74) is 4.10. The van der Waals surface area contributed by atoms with Crippen molar-refractivity contribution in [2.24, 2.45) is 0 Å². The quantitative estimate of drug-likeness (QED) is 0.663. The lowest BCUT2D eigenvalue weighted by molar-refractivity contribution is 0.122. The van der Waals surface area contributed by atoms with Gasteiger partial charge in [0, 0.05) is 30.3 Å². The highest BCUT2D eigenvalue weighted by molar-refractivity contribution is 6.31. The summed E-state index contributed by atoms with van der Waals surface area (Å²) in [6.07, 6.45) is 2.94. The minimum absolute atomic E-state index is 0.0198. The molecule has 0 atom stereocenters. The van der Waals surface area contributed by atoms with E-state index in [-0.39, 0.29) is 5.56 Å². The van der Waals surface area contributed by atoms with Crippen LogP contribution in [0.5, 0.6) is 0 Å². The SMILES string of the molecule is O=c1c2cc(Cl)ccc2nc2n1CC/C2=C/c1ccc(N2CCOCC2)cc1. The number of rotatable bonds is 2. The van der Waals surface area contributed by atoms with Gasteiger partial charge in [0.05, 0.1) is 24.1 Å². The summed E-state index contributed by atoms with van der Waals surface area (Å²) in [6.45, 7) is 4.07. The van der Waals surface area contributed by atoms with Gasteiger partial charge in [-0.1, -0.05) is 23.7 Å². The molecule has 0 N–H and O–H groups in total. The summed E-state index contributed by atoms with van der Waals surface area (Å²) < 4.78 is 7.18. The van der Waals surface area contributed by atoms with Crippen LogP contribution in [0.2, 0.25) is 5.02 Å². The zero-order valence-corrected chi connectivity index (χ0v) is 16.2. The van der Waals surface area contributed by atoms with Crippen LogP contribution in [-0.4, -0.2) is 35.9 Å². The lowest BCUT2D eigenvalue weighted by atomic mass is 10.1. The Morgan fingerprint density at radius 2 is 1.82 bits per heavy atom. The number of aromatic nitrogens is 2. The van der Waals surface area contributed by atoms with Crippen LogP contribution >= 0.6 is 11.6 Å². The molecular weight excluding hydrogens is 374 g/mol. The maximum absolute atomic E-state index is 12.8. The van der Waals surface area contributed by atoms with Gasteiger partial charge >= 0.3 is 0 Å². The summed E-state index contributed by atoms with van der Waals surface area (Å²) in [5.74, 6) is 0.761. The zero-order valence-electron chi connectivity index (χ0n) is 15.4. The Balaban J connectivity index is 1.48. The number of fused-ring (bicyclic) bond motifs is 2. The molecule has 2 aliphatic rings. The topological polar surface area (TPSA) is 47.4 Å². The Morgan fingerprint density at radius 3 is 2.61 bits per heavy atom. The Hall–Kier alpha value is -2.63. The predicted molar refractivity (Wildman–Crippen MR) is 113 cm³/mol. The first-order valence-corrected chi connectivity index (χ1v) is 9.91. The van der Waals surface area contributed by atoms with E-state index in [1.165, 1.54) is 5.69 Å². The molecule has 5 nitrogen and oxygen atoms in total. The minimum atomic E-state index is -0.0198. The summed E-state index contributed by atoms with van der Waals surface area (Å²) in [7, 11) is 0. The lowest BCUT2D eigenvalue weighted by Crippen LogP contribution is -2.36. The third-order valence-corrected chi connectivity index (χ3v) is 5.65. The van der Waals surface area contributed by atoms with E-state index in [2.05, 4.69) is 35.2 Å². The third kappa shape index (κ3) is 3.11. The van der Waals surface area contributed by atoms with E-state index in [1.54, 1.807) is 16.7 Å². The molecule has 3 aromatic rings. The first-order chi connectivity index (χ1) is 13.7. The first-order valence-electron chi connectivity index (χ1n) is 9.53. The van der Waals surface area contributed by atoms with Crippen molar-refractivity contribution in [1.82, 2.24) is 9.55 Å². The van der Waals surface area contributed by atoms with Gasteiger partial charge in [-0.3, -0.25) is 9.36 Å². The smallest absolute Gasteiger partial charge is 0.261 e. The van der Waals surface area contributed by atoms with Crippen LogP contribution in [0.25, 0.3) is 22.6 Å². The largest absolute Gasteiger partial charge is 0.378 e. The van der Waals surface area contributed by atoms with Crippen molar-refractivity contribution in [1.29, 1.82) is 0 Å². The second kappa shape index (κ2) is 7.08. The zero-order chi connectivity index (χ0) is 19.1. The van der Waals surface area contributed by atoms with Crippen molar-refractivity contribution in [2.75, 3.05) is 31.2 Å². The number of anilines is 1. The number of benzene rings is 2. The van der Waals surface area contributed by atoms with Gasteiger partial charge in [0.25, 0.3) is 5.56 Å². The second-order valence-electron chi connectivity index (χ2n) is 7.16. The van der Waals surface area contributed by atoms with E-state index < -0.39 is 0 Å². The van der Waals surface area contributed by atoms with Crippen molar-refractivity contribution in [3.8, 4) is 0 Å². The number of morpholine rings is 1. The molecule has 0 amide bonds. The van der Waals surface area contributed by atoms with Gasteiger partial charge < -0.3 is 9.64 Å². The van der Waals surface area contributed by atoms with Crippen molar-refractivity contribution in [3.05, 3.63) is 69.2 Å². The van der Waals surface area contributed by atoms with Crippen LogP contribution in [0.1, 0.15) is 17.8 Å². The van der Waals surface area contributed by atoms with Gasteiger partial charge in [0.2, 0.25) is 0 Å². The number of nitrogens with zero attached hydrogens (tertiary/aromatic N) is 3. The van der Waals surface area contributed by atoms with Gasteiger partial charge in [0.15, 0.2) is 0 Å². The number of allylic oxidation sites excluding steroid dienone is 1. The van der Waals surface area contributed by atoms with Crippen molar-refractivity contribution >= 4 is 39.8 Å². The monoisotopic (exact) mass is 393 g/mol. The van der Waals surface area contributed by atoms with E-state index in [9.17, 15) is 4.79 Å². The molecule has 1 aromatic heterocycles. The fraction of sp³-hybridized carbons (Fsp3) is 0.273. The average Bonchev–Trinajstić information content (AvgIpc) is 3.13. The summed E-state index contributed by atoms with van der Waals surface area (Å²) in [4.78, 5) is 19.9. The maximum atomic E-state index is 12.8. The molecule has 1 fully saturated rings. The molecule has 5 rings (SSSR count). The standard InChI is InChI=1S/C22H20ClN3O2/c23-17-3-6-20-19(14-17)22(27)26-8-7-16(21(26)24-20)13-15-1-4-18(5-2-15)25-9-11-28-12-10-25/h1-6,13-14H,7-12H2/b16-13-. The second-order valence-corrected chi connectivity index (χ2v) is 7.60. The van der Waals surface area contributed by atoms with Gasteiger partial charge in [-0.25, -0.2) is 4.98 Å². The summed E-state index contributed by atoms with van der Waals surface area (Å²) in [5, 5.41) is 1.13. The number of halogens is 1. The molecule has 0 saturated carbocycles. The van der Waals surface area contributed by atoms with Crippen LogP contribution in [-0.2, 0) is 11.3 Å².